The van der Waals surface area contributed by atoms with Crippen molar-refractivity contribution in [3.05, 3.63) is 35.9 Å². The molecule has 1 aromatic carbocycles. The monoisotopic (exact) mass is 428 g/mol. The lowest BCUT2D eigenvalue weighted by Gasteiger charge is -2.34. The van der Waals surface area contributed by atoms with Crippen molar-refractivity contribution in [1.29, 1.82) is 0 Å². The molecule has 0 unspecified atom stereocenters. The first-order valence-corrected chi connectivity index (χ1v) is 10.2. The highest BCUT2D eigenvalue weighted by molar-refractivity contribution is 5.81. The maximum absolute atomic E-state index is 12.2. The molecule has 2 N–H and O–H groups in total. The summed E-state index contributed by atoms with van der Waals surface area (Å²) in [5, 5.41) is 10.2. The van der Waals surface area contributed by atoms with E-state index in [2.05, 4.69) is 40.5 Å². The molecule has 2 saturated heterocycles. The number of likely N-dealkylation sites (tertiary alicyclic amines) is 1. The van der Waals surface area contributed by atoms with Crippen LogP contribution in [-0.2, 0) is 20.7 Å². The van der Waals surface area contributed by atoms with E-state index in [0.29, 0.717) is 12.0 Å². The van der Waals surface area contributed by atoms with Crippen molar-refractivity contribution in [1.82, 2.24) is 10.2 Å². The number of carbonyl (C=O) groups excluding carboxylic acids is 1. The molecule has 9 heteroatoms. The lowest BCUT2D eigenvalue weighted by Crippen LogP contribution is -2.43. The zero-order valence-electron chi connectivity index (χ0n) is 16.6. The van der Waals surface area contributed by atoms with Crippen LogP contribution in [0.1, 0.15) is 31.2 Å². The standard InChI is InChI=1S/C19H26N2O2.C2HF3O2/c22-19(20-16-6-7-16)17-12-15-9-11-21(13-18(15)23-17)10-8-14-4-2-1-3-5-14;3-2(4,5)1(6)7/h1-5,15-18H,6-13H2,(H,20,22);(H,6,7)/t15-,17+,18+;/m0./s1. The van der Waals surface area contributed by atoms with Crippen molar-refractivity contribution >= 4 is 11.9 Å². The van der Waals surface area contributed by atoms with Crippen LogP contribution in [0.3, 0.4) is 0 Å². The maximum atomic E-state index is 12.2. The van der Waals surface area contributed by atoms with Gasteiger partial charge in [0.15, 0.2) is 0 Å². The van der Waals surface area contributed by atoms with Crippen molar-refractivity contribution in [3.63, 3.8) is 0 Å². The average molecular weight is 428 g/mol. The molecule has 0 radical (unpaired) electrons. The molecule has 2 heterocycles. The zero-order valence-corrected chi connectivity index (χ0v) is 16.6. The van der Waals surface area contributed by atoms with Gasteiger partial charge >= 0.3 is 12.1 Å². The highest BCUT2D eigenvalue weighted by atomic mass is 19.4. The molecule has 1 saturated carbocycles. The Bertz CT molecular complexity index is 725. The molecule has 1 amide bonds. The van der Waals surface area contributed by atoms with Gasteiger partial charge in [-0.3, -0.25) is 4.79 Å². The van der Waals surface area contributed by atoms with E-state index in [-0.39, 0.29) is 18.1 Å². The fraction of sp³-hybridized carbons (Fsp3) is 0.619. The van der Waals surface area contributed by atoms with Gasteiger partial charge in [0.25, 0.3) is 0 Å². The van der Waals surface area contributed by atoms with Crippen LogP contribution in [-0.4, -0.2) is 65.9 Å². The molecule has 3 fully saturated rings. The Hall–Kier alpha value is -2.13. The maximum Gasteiger partial charge on any atom is 0.490 e. The molecule has 6 nitrogen and oxygen atoms in total. The summed E-state index contributed by atoms with van der Waals surface area (Å²) in [4.78, 5) is 23.6. The summed E-state index contributed by atoms with van der Waals surface area (Å²) in [6.45, 7) is 3.19. The largest absolute Gasteiger partial charge is 0.490 e. The third-order valence-corrected chi connectivity index (χ3v) is 5.65. The van der Waals surface area contributed by atoms with Crippen molar-refractivity contribution < 1.29 is 32.6 Å². The normalized spacial score (nSPS) is 26.3. The van der Waals surface area contributed by atoms with Gasteiger partial charge in [0.05, 0.1) is 6.10 Å². The Balaban J connectivity index is 0.000000318. The molecule has 4 rings (SSSR count). The fourth-order valence-electron chi connectivity index (χ4n) is 3.82. The minimum atomic E-state index is -5.08. The third kappa shape index (κ3) is 6.70. The number of nitrogens with zero attached hydrogens (tertiary/aromatic N) is 1. The van der Waals surface area contributed by atoms with Crippen molar-refractivity contribution in [2.45, 2.75) is 56.5 Å². The van der Waals surface area contributed by atoms with Gasteiger partial charge in [-0.05, 0) is 50.1 Å². The first kappa shape index (κ1) is 22.6. The summed E-state index contributed by atoms with van der Waals surface area (Å²) < 4.78 is 37.8. The minimum Gasteiger partial charge on any atom is -0.475 e. The number of ether oxygens (including phenoxy) is 1. The van der Waals surface area contributed by atoms with Gasteiger partial charge in [-0.1, -0.05) is 30.3 Å². The van der Waals surface area contributed by atoms with Crippen LogP contribution in [0.4, 0.5) is 13.2 Å². The van der Waals surface area contributed by atoms with Crippen LogP contribution >= 0.6 is 0 Å². The van der Waals surface area contributed by atoms with Crippen LogP contribution in [0.15, 0.2) is 30.3 Å². The number of aliphatic carboxylic acids is 1. The molecular weight excluding hydrogens is 401 g/mol. The van der Waals surface area contributed by atoms with Gasteiger partial charge in [-0.15, -0.1) is 0 Å². The first-order valence-electron chi connectivity index (χ1n) is 10.2. The van der Waals surface area contributed by atoms with E-state index < -0.39 is 12.1 Å². The number of hydrogen-bond acceptors (Lipinski definition) is 4. The number of benzene rings is 1. The second-order valence-electron chi connectivity index (χ2n) is 8.07. The number of halogens is 3. The lowest BCUT2D eigenvalue weighted by atomic mass is 9.91. The number of fused-ring (bicyclic) bond motifs is 1. The number of alkyl halides is 3. The number of carbonyl (C=O) groups is 2. The van der Waals surface area contributed by atoms with Gasteiger partial charge in [-0.25, -0.2) is 4.79 Å². The summed E-state index contributed by atoms with van der Waals surface area (Å²) in [7, 11) is 0. The molecule has 3 aliphatic rings. The predicted octanol–water partition coefficient (Wildman–Crippen LogP) is 2.62. The minimum absolute atomic E-state index is 0.123. The molecule has 1 aromatic rings. The molecule has 166 valence electrons. The van der Waals surface area contributed by atoms with Crippen molar-refractivity contribution in [2.75, 3.05) is 19.6 Å². The van der Waals surface area contributed by atoms with Crippen molar-refractivity contribution in [2.24, 2.45) is 5.92 Å². The molecular formula is C21H27F3N2O4. The Morgan fingerprint density at radius 1 is 1.17 bits per heavy atom. The van der Waals surface area contributed by atoms with E-state index in [0.717, 1.165) is 51.7 Å². The predicted molar refractivity (Wildman–Crippen MR) is 103 cm³/mol. The number of rotatable bonds is 5. The van der Waals surface area contributed by atoms with E-state index >= 15 is 0 Å². The zero-order chi connectivity index (χ0) is 21.7. The van der Waals surface area contributed by atoms with E-state index in [4.69, 9.17) is 14.6 Å². The van der Waals surface area contributed by atoms with Crippen LogP contribution in [0.5, 0.6) is 0 Å². The Labute approximate surface area is 173 Å². The summed E-state index contributed by atoms with van der Waals surface area (Å²) in [5.74, 6) is -2.07. The number of carboxylic acids is 1. The molecule has 2 aliphatic heterocycles. The Morgan fingerprint density at radius 2 is 1.83 bits per heavy atom. The highest BCUT2D eigenvalue weighted by Gasteiger charge is 2.42. The van der Waals surface area contributed by atoms with Crippen LogP contribution in [0.2, 0.25) is 0 Å². The lowest BCUT2D eigenvalue weighted by molar-refractivity contribution is -0.192. The topological polar surface area (TPSA) is 78.9 Å². The molecule has 0 bridgehead atoms. The van der Waals surface area contributed by atoms with Gasteiger partial charge in [0, 0.05) is 19.1 Å². The molecule has 30 heavy (non-hydrogen) atoms. The number of amides is 1. The van der Waals surface area contributed by atoms with Gasteiger partial charge < -0.3 is 20.1 Å². The van der Waals surface area contributed by atoms with E-state index in [1.807, 2.05) is 0 Å². The van der Waals surface area contributed by atoms with Crippen LogP contribution in [0, 0.1) is 5.92 Å². The Kier molecular flexibility index (Phi) is 7.36. The second-order valence-corrected chi connectivity index (χ2v) is 8.07. The van der Waals surface area contributed by atoms with E-state index in [1.54, 1.807) is 0 Å². The first-order chi connectivity index (χ1) is 14.2. The summed E-state index contributed by atoms with van der Waals surface area (Å²) in [5.41, 5.74) is 1.39. The van der Waals surface area contributed by atoms with E-state index in [1.165, 1.54) is 5.56 Å². The number of piperidine rings is 1. The number of nitrogens with one attached hydrogen (secondary N) is 1. The molecule has 0 aromatic heterocycles. The van der Waals surface area contributed by atoms with Crippen LogP contribution < -0.4 is 5.32 Å². The quantitative estimate of drug-likeness (QED) is 0.754. The van der Waals surface area contributed by atoms with Gasteiger partial charge in [0.2, 0.25) is 5.91 Å². The SMILES string of the molecule is O=C(NC1CC1)[C@H]1C[C@@H]2CCN(CCc3ccccc3)C[C@H]2O1.O=C(O)C(F)(F)F. The smallest absolute Gasteiger partial charge is 0.475 e. The summed E-state index contributed by atoms with van der Waals surface area (Å²) >= 11 is 0. The molecule has 1 aliphatic carbocycles. The Morgan fingerprint density at radius 3 is 2.43 bits per heavy atom. The fourth-order valence-corrected chi connectivity index (χ4v) is 3.82. The van der Waals surface area contributed by atoms with Crippen molar-refractivity contribution in [3.8, 4) is 0 Å². The third-order valence-electron chi connectivity index (χ3n) is 5.65. The van der Waals surface area contributed by atoms with Gasteiger partial charge in [-0.2, -0.15) is 13.2 Å². The van der Waals surface area contributed by atoms with E-state index in [9.17, 15) is 18.0 Å². The van der Waals surface area contributed by atoms with Gasteiger partial charge in [0.1, 0.15) is 6.10 Å². The molecule has 3 atom stereocenters. The summed E-state index contributed by atoms with van der Waals surface area (Å²) in [6.07, 6.45) is 0.387. The number of carboxylic acid groups (broad SMARTS) is 1. The average Bonchev–Trinajstić information content (AvgIpc) is 3.41. The van der Waals surface area contributed by atoms with Crippen LogP contribution in [0.25, 0.3) is 0 Å². The molecule has 0 spiro atoms. The number of hydrogen-bond donors (Lipinski definition) is 2. The second kappa shape index (κ2) is 9.78. The summed E-state index contributed by atoms with van der Waals surface area (Å²) in [6, 6.07) is 11.1. The highest BCUT2D eigenvalue weighted by Crippen LogP contribution is 2.34.